The van der Waals surface area contributed by atoms with Crippen LogP contribution in [-0.2, 0) is 11.3 Å². The second-order valence-corrected chi connectivity index (χ2v) is 5.13. The van der Waals surface area contributed by atoms with Crippen molar-refractivity contribution < 1.29 is 4.79 Å². The molecule has 0 unspecified atom stereocenters. The van der Waals surface area contributed by atoms with E-state index < -0.39 is 0 Å². The lowest BCUT2D eigenvalue weighted by Crippen LogP contribution is -2.32. The number of hydrogen-bond acceptors (Lipinski definition) is 4. The average Bonchev–Trinajstić information content (AvgIpc) is 3.18. The van der Waals surface area contributed by atoms with Gasteiger partial charge < -0.3 is 10.6 Å². The molecule has 1 saturated carbocycles. The number of hydrogen-bond donors (Lipinski definition) is 1. The van der Waals surface area contributed by atoms with Gasteiger partial charge in [-0.05, 0) is 25.0 Å². The summed E-state index contributed by atoms with van der Waals surface area (Å²) < 4.78 is 1.57. The van der Waals surface area contributed by atoms with Gasteiger partial charge in [-0.2, -0.15) is 5.10 Å². The minimum Gasteiger partial charge on any atom is -0.399 e. The van der Waals surface area contributed by atoms with Gasteiger partial charge in [0.2, 0.25) is 5.91 Å². The minimum absolute atomic E-state index is 0.0662. The van der Waals surface area contributed by atoms with E-state index in [1.807, 2.05) is 31.3 Å². The van der Waals surface area contributed by atoms with E-state index in [0.29, 0.717) is 17.6 Å². The summed E-state index contributed by atoms with van der Waals surface area (Å²) >= 11 is 0. The van der Waals surface area contributed by atoms with Crippen LogP contribution in [0.4, 0.5) is 5.69 Å². The van der Waals surface area contributed by atoms with Crippen molar-refractivity contribution in [1.29, 1.82) is 0 Å². The summed E-state index contributed by atoms with van der Waals surface area (Å²) in [7, 11) is 1.84. The molecule has 20 heavy (non-hydrogen) atoms. The molecule has 1 amide bonds. The Morgan fingerprint density at radius 1 is 1.50 bits per heavy atom. The summed E-state index contributed by atoms with van der Waals surface area (Å²) in [5, 5.41) is 4.33. The van der Waals surface area contributed by atoms with Gasteiger partial charge in [0.25, 0.3) is 0 Å². The molecule has 1 aromatic carbocycles. The van der Waals surface area contributed by atoms with E-state index in [4.69, 9.17) is 5.73 Å². The lowest BCUT2D eigenvalue weighted by molar-refractivity contribution is -0.131. The number of carbonyl (C=O) groups is 1. The summed E-state index contributed by atoms with van der Waals surface area (Å²) in [6.07, 6.45) is 3.79. The van der Waals surface area contributed by atoms with Gasteiger partial charge in [0, 0.05) is 24.3 Å². The normalized spacial score (nSPS) is 14.2. The number of aromatic nitrogens is 3. The van der Waals surface area contributed by atoms with Crippen LogP contribution in [0.15, 0.2) is 30.6 Å². The minimum atomic E-state index is 0.0662. The van der Waals surface area contributed by atoms with Gasteiger partial charge in [-0.25, -0.2) is 9.67 Å². The summed E-state index contributed by atoms with van der Waals surface area (Å²) in [6.45, 7) is 0.225. The molecule has 0 bridgehead atoms. The van der Waals surface area contributed by atoms with Crippen LogP contribution in [0.3, 0.4) is 0 Å². The molecule has 0 spiro atoms. The Morgan fingerprint density at radius 2 is 2.30 bits per heavy atom. The first-order valence-electron chi connectivity index (χ1n) is 6.64. The largest absolute Gasteiger partial charge is 0.399 e. The maximum Gasteiger partial charge on any atom is 0.244 e. The van der Waals surface area contributed by atoms with Crippen molar-refractivity contribution in [1.82, 2.24) is 19.7 Å². The summed E-state index contributed by atoms with van der Waals surface area (Å²) in [6, 6.07) is 7.80. The van der Waals surface area contributed by atoms with Crippen LogP contribution in [0.25, 0.3) is 11.4 Å². The molecule has 1 aliphatic carbocycles. The predicted octanol–water partition coefficient (Wildman–Crippen LogP) is 1.15. The number of nitrogens with two attached hydrogens (primary N) is 1. The summed E-state index contributed by atoms with van der Waals surface area (Å²) in [5.41, 5.74) is 7.26. The summed E-state index contributed by atoms with van der Waals surface area (Å²) in [5.74, 6) is 0.649. The molecule has 1 fully saturated rings. The van der Waals surface area contributed by atoms with E-state index in [0.717, 1.165) is 18.4 Å². The van der Waals surface area contributed by atoms with Gasteiger partial charge in [0.15, 0.2) is 5.82 Å². The van der Waals surface area contributed by atoms with Crippen molar-refractivity contribution in [3.8, 4) is 11.4 Å². The number of anilines is 1. The molecular formula is C14H17N5O. The van der Waals surface area contributed by atoms with Crippen LogP contribution in [0.2, 0.25) is 0 Å². The summed E-state index contributed by atoms with van der Waals surface area (Å²) in [4.78, 5) is 18.0. The van der Waals surface area contributed by atoms with Crippen LogP contribution >= 0.6 is 0 Å². The quantitative estimate of drug-likeness (QED) is 0.846. The smallest absolute Gasteiger partial charge is 0.244 e. The standard InChI is InChI=1S/C14H17N5O/c1-18(12-5-6-12)13(20)8-19-9-16-14(17-19)10-3-2-4-11(15)7-10/h2-4,7,9,12H,5-6,8,15H2,1H3. The first-order valence-corrected chi connectivity index (χ1v) is 6.64. The Balaban J connectivity index is 1.72. The number of nitrogen functional groups attached to an aromatic ring is 1. The van der Waals surface area contributed by atoms with Crippen LogP contribution in [0.5, 0.6) is 0 Å². The van der Waals surface area contributed by atoms with Crippen molar-refractivity contribution in [2.75, 3.05) is 12.8 Å². The average molecular weight is 271 g/mol. The third kappa shape index (κ3) is 2.64. The van der Waals surface area contributed by atoms with Gasteiger partial charge in [-0.15, -0.1) is 0 Å². The fraction of sp³-hybridized carbons (Fsp3) is 0.357. The molecule has 6 heteroatoms. The molecule has 0 saturated heterocycles. The zero-order chi connectivity index (χ0) is 14.1. The van der Waals surface area contributed by atoms with E-state index in [9.17, 15) is 4.79 Å². The third-order valence-electron chi connectivity index (χ3n) is 3.47. The van der Waals surface area contributed by atoms with Crippen molar-refractivity contribution >= 4 is 11.6 Å². The highest BCUT2D eigenvalue weighted by Gasteiger charge is 2.29. The van der Waals surface area contributed by atoms with Crippen LogP contribution in [0, 0.1) is 0 Å². The predicted molar refractivity (Wildman–Crippen MR) is 75.7 cm³/mol. The van der Waals surface area contributed by atoms with Crippen molar-refractivity contribution in [2.24, 2.45) is 0 Å². The van der Waals surface area contributed by atoms with Gasteiger partial charge in [0.05, 0.1) is 0 Å². The SMILES string of the molecule is CN(C(=O)Cn1cnc(-c2cccc(N)c2)n1)C1CC1. The number of amides is 1. The second-order valence-electron chi connectivity index (χ2n) is 5.13. The Bertz CT molecular complexity index is 632. The zero-order valence-electron chi connectivity index (χ0n) is 11.4. The number of likely N-dealkylation sites (N-methyl/N-ethyl adjacent to an activating group) is 1. The topological polar surface area (TPSA) is 77.0 Å². The molecule has 1 aromatic heterocycles. The second kappa shape index (κ2) is 4.96. The Labute approximate surface area is 117 Å². The number of rotatable bonds is 4. The number of carbonyl (C=O) groups excluding carboxylic acids is 1. The van der Waals surface area contributed by atoms with Gasteiger partial charge >= 0.3 is 0 Å². The Hall–Kier alpha value is -2.37. The lowest BCUT2D eigenvalue weighted by Gasteiger charge is -2.15. The molecule has 0 radical (unpaired) electrons. The van der Waals surface area contributed by atoms with Gasteiger partial charge in [-0.3, -0.25) is 4.79 Å². The maximum atomic E-state index is 12.0. The molecule has 2 N–H and O–H groups in total. The number of nitrogens with zero attached hydrogens (tertiary/aromatic N) is 4. The number of benzene rings is 1. The van der Waals surface area contributed by atoms with E-state index in [-0.39, 0.29) is 12.5 Å². The molecule has 6 nitrogen and oxygen atoms in total. The molecule has 1 aliphatic rings. The fourth-order valence-electron chi connectivity index (χ4n) is 2.10. The van der Waals surface area contributed by atoms with Gasteiger partial charge in [0.1, 0.15) is 12.9 Å². The monoisotopic (exact) mass is 271 g/mol. The van der Waals surface area contributed by atoms with Crippen LogP contribution in [-0.4, -0.2) is 38.7 Å². The Kier molecular flexibility index (Phi) is 3.14. The highest BCUT2D eigenvalue weighted by molar-refractivity contribution is 5.76. The van der Waals surface area contributed by atoms with Crippen molar-refractivity contribution in [2.45, 2.75) is 25.4 Å². The van der Waals surface area contributed by atoms with Crippen LogP contribution in [0.1, 0.15) is 12.8 Å². The third-order valence-corrected chi connectivity index (χ3v) is 3.47. The van der Waals surface area contributed by atoms with Crippen LogP contribution < -0.4 is 5.73 Å². The molecule has 0 aliphatic heterocycles. The molecule has 3 rings (SSSR count). The zero-order valence-corrected chi connectivity index (χ0v) is 11.4. The maximum absolute atomic E-state index is 12.0. The first kappa shape index (κ1) is 12.7. The van der Waals surface area contributed by atoms with E-state index in [1.54, 1.807) is 15.9 Å². The fourth-order valence-corrected chi connectivity index (χ4v) is 2.10. The van der Waals surface area contributed by atoms with Gasteiger partial charge in [-0.1, -0.05) is 12.1 Å². The molecule has 0 atom stereocenters. The van der Waals surface area contributed by atoms with E-state index >= 15 is 0 Å². The highest BCUT2D eigenvalue weighted by atomic mass is 16.2. The molecule has 2 aromatic rings. The van der Waals surface area contributed by atoms with E-state index in [1.165, 1.54) is 0 Å². The Morgan fingerprint density at radius 3 is 3.00 bits per heavy atom. The molecular weight excluding hydrogens is 254 g/mol. The van der Waals surface area contributed by atoms with Crippen molar-refractivity contribution in [3.63, 3.8) is 0 Å². The molecule has 104 valence electrons. The highest BCUT2D eigenvalue weighted by Crippen LogP contribution is 2.25. The molecule has 1 heterocycles. The lowest BCUT2D eigenvalue weighted by atomic mass is 10.2. The van der Waals surface area contributed by atoms with E-state index in [2.05, 4.69) is 10.1 Å². The first-order chi connectivity index (χ1) is 9.63. The van der Waals surface area contributed by atoms with Crippen molar-refractivity contribution in [3.05, 3.63) is 30.6 Å².